The molecule has 2 aliphatic heterocycles. The SMILES string of the molecule is CC1(C(=O)O)CCCN1C(=O)C1CCNC1. The van der Waals surface area contributed by atoms with Gasteiger partial charge in [-0.1, -0.05) is 0 Å². The summed E-state index contributed by atoms with van der Waals surface area (Å²) in [6, 6.07) is 0. The van der Waals surface area contributed by atoms with E-state index in [-0.39, 0.29) is 11.8 Å². The molecule has 0 aromatic carbocycles. The highest BCUT2D eigenvalue weighted by atomic mass is 16.4. The van der Waals surface area contributed by atoms with Crippen molar-refractivity contribution in [1.82, 2.24) is 10.2 Å². The fraction of sp³-hybridized carbons (Fsp3) is 0.818. The predicted molar refractivity (Wildman–Crippen MR) is 58.0 cm³/mol. The second-order valence-corrected chi connectivity index (χ2v) is 4.86. The van der Waals surface area contributed by atoms with Crippen LogP contribution in [-0.2, 0) is 9.59 Å². The van der Waals surface area contributed by atoms with Gasteiger partial charge in [-0.15, -0.1) is 0 Å². The molecule has 0 aromatic heterocycles. The number of carboxylic acid groups (broad SMARTS) is 1. The number of carbonyl (C=O) groups is 2. The molecule has 2 heterocycles. The summed E-state index contributed by atoms with van der Waals surface area (Å²) in [5.74, 6) is -0.909. The lowest BCUT2D eigenvalue weighted by molar-refractivity contribution is -0.156. The lowest BCUT2D eigenvalue weighted by Crippen LogP contribution is -2.52. The molecule has 2 aliphatic rings. The molecular formula is C11H18N2O3. The average molecular weight is 226 g/mol. The number of rotatable bonds is 2. The van der Waals surface area contributed by atoms with E-state index in [1.165, 1.54) is 0 Å². The summed E-state index contributed by atoms with van der Waals surface area (Å²) in [6.45, 7) is 3.78. The number of hydrogen-bond acceptors (Lipinski definition) is 3. The van der Waals surface area contributed by atoms with E-state index in [0.29, 0.717) is 19.5 Å². The third-order valence-corrected chi connectivity index (χ3v) is 3.78. The highest BCUT2D eigenvalue weighted by molar-refractivity contribution is 5.88. The molecule has 2 atom stereocenters. The van der Waals surface area contributed by atoms with Crippen LogP contribution in [0.25, 0.3) is 0 Å². The smallest absolute Gasteiger partial charge is 0.329 e. The summed E-state index contributed by atoms with van der Waals surface area (Å²) < 4.78 is 0. The number of hydrogen-bond donors (Lipinski definition) is 2. The Balaban J connectivity index is 2.13. The van der Waals surface area contributed by atoms with Crippen LogP contribution >= 0.6 is 0 Å². The first-order valence-electron chi connectivity index (χ1n) is 5.81. The summed E-state index contributed by atoms with van der Waals surface area (Å²) in [5.41, 5.74) is -0.986. The monoisotopic (exact) mass is 226 g/mol. The second-order valence-electron chi connectivity index (χ2n) is 4.86. The van der Waals surface area contributed by atoms with Crippen molar-refractivity contribution in [2.75, 3.05) is 19.6 Å². The maximum Gasteiger partial charge on any atom is 0.329 e. The normalized spacial score (nSPS) is 34.3. The fourth-order valence-electron chi connectivity index (χ4n) is 2.62. The number of likely N-dealkylation sites (tertiary alicyclic amines) is 1. The molecule has 0 radical (unpaired) electrons. The van der Waals surface area contributed by atoms with E-state index in [2.05, 4.69) is 5.32 Å². The Bertz CT molecular complexity index is 312. The number of nitrogens with zero attached hydrogens (tertiary/aromatic N) is 1. The number of carboxylic acids is 1. The van der Waals surface area contributed by atoms with Gasteiger partial charge in [-0.25, -0.2) is 4.79 Å². The van der Waals surface area contributed by atoms with Crippen molar-refractivity contribution in [3.63, 3.8) is 0 Å². The Morgan fingerprint density at radius 2 is 2.25 bits per heavy atom. The molecule has 5 nitrogen and oxygen atoms in total. The molecule has 1 amide bonds. The van der Waals surface area contributed by atoms with Gasteiger partial charge in [-0.2, -0.15) is 0 Å². The van der Waals surface area contributed by atoms with Crippen LogP contribution in [0.15, 0.2) is 0 Å². The molecule has 90 valence electrons. The number of nitrogens with one attached hydrogen (secondary N) is 1. The lowest BCUT2D eigenvalue weighted by Gasteiger charge is -2.32. The van der Waals surface area contributed by atoms with Gasteiger partial charge in [0.1, 0.15) is 5.54 Å². The predicted octanol–water partition coefficient (Wildman–Crippen LogP) is 0.0616. The van der Waals surface area contributed by atoms with Crippen molar-refractivity contribution in [2.24, 2.45) is 5.92 Å². The molecular weight excluding hydrogens is 208 g/mol. The minimum Gasteiger partial charge on any atom is -0.480 e. The van der Waals surface area contributed by atoms with E-state index >= 15 is 0 Å². The van der Waals surface area contributed by atoms with Crippen LogP contribution in [0.1, 0.15) is 26.2 Å². The van der Waals surface area contributed by atoms with Crippen LogP contribution in [0.3, 0.4) is 0 Å². The van der Waals surface area contributed by atoms with Crippen molar-refractivity contribution in [1.29, 1.82) is 0 Å². The summed E-state index contributed by atoms with van der Waals surface area (Å²) in [5, 5.41) is 12.4. The van der Waals surface area contributed by atoms with Crippen molar-refractivity contribution < 1.29 is 14.7 Å². The molecule has 2 saturated heterocycles. The Labute approximate surface area is 94.8 Å². The summed E-state index contributed by atoms with van der Waals surface area (Å²) in [6.07, 6.45) is 2.17. The third-order valence-electron chi connectivity index (χ3n) is 3.78. The highest BCUT2D eigenvalue weighted by Crippen LogP contribution is 2.31. The Hall–Kier alpha value is -1.10. The van der Waals surface area contributed by atoms with Crippen molar-refractivity contribution in [3.8, 4) is 0 Å². The molecule has 0 saturated carbocycles. The van der Waals surface area contributed by atoms with Crippen molar-refractivity contribution >= 4 is 11.9 Å². The molecule has 2 rings (SSSR count). The quantitative estimate of drug-likeness (QED) is 0.698. The van der Waals surface area contributed by atoms with E-state index in [9.17, 15) is 14.7 Å². The average Bonchev–Trinajstić information content (AvgIpc) is 2.85. The van der Waals surface area contributed by atoms with Gasteiger partial charge in [0.05, 0.1) is 5.92 Å². The molecule has 16 heavy (non-hydrogen) atoms. The molecule has 0 aliphatic carbocycles. The van der Waals surface area contributed by atoms with Crippen LogP contribution in [0, 0.1) is 5.92 Å². The van der Waals surface area contributed by atoms with Gasteiger partial charge in [0.2, 0.25) is 5.91 Å². The van der Waals surface area contributed by atoms with E-state index in [1.54, 1.807) is 11.8 Å². The standard InChI is InChI=1S/C11H18N2O3/c1-11(10(15)16)4-2-6-13(11)9(14)8-3-5-12-7-8/h8,12H,2-7H2,1H3,(H,15,16). The first-order chi connectivity index (χ1) is 7.55. The maximum atomic E-state index is 12.2. The molecule has 2 fully saturated rings. The van der Waals surface area contributed by atoms with Crippen molar-refractivity contribution in [2.45, 2.75) is 31.7 Å². The van der Waals surface area contributed by atoms with Gasteiger partial charge >= 0.3 is 5.97 Å². The summed E-state index contributed by atoms with van der Waals surface area (Å²) in [7, 11) is 0. The van der Waals surface area contributed by atoms with Gasteiger partial charge in [0.15, 0.2) is 0 Å². The van der Waals surface area contributed by atoms with E-state index in [1.807, 2.05) is 0 Å². The molecule has 0 spiro atoms. The molecule has 0 bridgehead atoms. The third kappa shape index (κ3) is 1.69. The Morgan fingerprint density at radius 3 is 2.81 bits per heavy atom. The highest BCUT2D eigenvalue weighted by Gasteiger charge is 2.47. The topological polar surface area (TPSA) is 69.6 Å². The van der Waals surface area contributed by atoms with E-state index in [0.717, 1.165) is 19.4 Å². The van der Waals surface area contributed by atoms with Gasteiger partial charge in [-0.3, -0.25) is 4.79 Å². The zero-order valence-electron chi connectivity index (χ0n) is 9.53. The largest absolute Gasteiger partial charge is 0.480 e. The first kappa shape index (κ1) is 11.4. The van der Waals surface area contributed by atoms with Crippen molar-refractivity contribution in [3.05, 3.63) is 0 Å². The number of amides is 1. The Kier molecular flexibility index (Phi) is 2.88. The van der Waals surface area contributed by atoms with Crippen LogP contribution < -0.4 is 5.32 Å². The Morgan fingerprint density at radius 1 is 1.50 bits per heavy atom. The van der Waals surface area contributed by atoms with Gasteiger partial charge in [0.25, 0.3) is 0 Å². The van der Waals surface area contributed by atoms with Crippen LogP contribution in [0.5, 0.6) is 0 Å². The zero-order chi connectivity index (χ0) is 11.8. The molecule has 2 N–H and O–H groups in total. The maximum absolute atomic E-state index is 12.2. The summed E-state index contributed by atoms with van der Waals surface area (Å²) in [4.78, 5) is 25.0. The number of carbonyl (C=O) groups excluding carboxylic acids is 1. The zero-order valence-corrected chi connectivity index (χ0v) is 9.53. The summed E-state index contributed by atoms with van der Waals surface area (Å²) >= 11 is 0. The lowest BCUT2D eigenvalue weighted by atomic mass is 9.97. The fourth-order valence-corrected chi connectivity index (χ4v) is 2.62. The van der Waals surface area contributed by atoms with Crippen LogP contribution in [-0.4, -0.2) is 47.1 Å². The molecule has 2 unspecified atom stereocenters. The van der Waals surface area contributed by atoms with E-state index in [4.69, 9.17) is 0 Å². The van der Waals surface area contributed by atoms with Crippen LogP contribution in [0.2, 0.25) is 0 Å². The van der Waals surface area contributed by atoms with E-state index < -0.39 is 11.5 Å². The molecule has 0 aromatic rings. The van der Waals surface area contributed by atoms with Gasteiger partial charge in [0, 0.05) is 13.1 Å². The van der Waals surface area contributed by atoms with Gasteiger partial charge in [-0.05, 0) is 32.7 Å². The first-order valence-corrected chi connectivity index (χ1v) is 5.81. The van der Waals surface area contributed by atoms with Gasteiger partial charge < -0.3 is 15.3 Å². The minimum absolute atomic E-state index is 0.00685. The second kappa shape index (κ2) is 4.05. The minimum atomic E-state index is -0.986. The number of aliphatic carboxylic acids is 1. The van der Waals surface area contributed by atoms with Crippen LogP contribution in [0.4, 0.5) is 0 Å². The molecule has 5 heteroatoms.